The molecule has 18 heavy (non-hydrogen) atoms. The summed E-state index contributed by atoms with van der Waals surface area (Å²) in [5.74, 6) is 0.0879. The maximum Gasteiger partial charge on any atom is 0.217 e. The zero-order chi connectivity index (χ0) is 13.1. The molecular weight excluding hydrogens is 250 g/mol. The van der Waals surface area contributed by atoms with Gasteiger partial charge in [0.05, 0.1) is 0 Å². The van der Waals surface area contributed by atoms with E-state index in [0.29, 0.717) is 12.1 Å². The molecule has 1 fully saturated rings. The van der Waals surface area contributed by atoms with Gasteiger partial charge < -0.3 is 16.0 Å². The minimum atomic E-state index is -0.136. The number of halogens is 1. The van der Waals surface area contributed by atoms with E-state index in [2.05, 4.69) is 31.1 Å². The zero-order valence-corrected chi connectivity index (χ0v) is 12.8. The molecule has 0 heterocycles. The third kappa shape index (κ3) is 6.57. The fourth-order valence-electron chi connectivity index (χ4n) is 2.72. The standard InChI is InChI=1S/C13H27N3O.ClH/c1-10(17)15-11-5-7-12(8-6-11)16(4)9-13(2,3)14;/h11-12H,5-9,14H2,1-4H3,(H,15,17);1H. The van der Waals surface area contributed by atoms with Crippen LogP contribution in [0.4, 0.5) is 0 Å². The van der Waals surface area contributed by atoms with Gasteiger partial charge >= 0.3 is 0 Å². The van der Waals surface area contributed by atoms with Crippen molar-refractivity contribution >= 4 is 18.3 Å². The van der Waals surface area contributed by atoms with Crippen molar-refractivity contribution in [3.8, 4) is 0 Å². The highest BCUT2D eigenvalue weighted by atomic mass is 35.5. The van der Waals surface area contributed by atoms with Crippen molar-refractivity contribution in [1.82, 2.24) is 10.2 Å². The molecule has 0 spiro atoms. The molecule has 0 bridgehead atoms. The predicted molar refractivity (Wildman–Crippen MR) is 78.0 cm³/mol. The number of nitrogens with two attached hydrogens (primary N) is 1. The third-order valence-electron chi connectivity index (χ3n) is 3.38. The van der Waals surface area contributed by atoms with Crippen LogP contribution in [0.25, 0.3) is 0 Å². The Balaban J connectivity index is 0.00000289. The summed E-state index contributed by atoms with van der Waals surface area (Å²) in [5.41, 5.74) is 5.90. The van der Waals surface area contributed by atoms with E-state index in [0.717, 1.165) is 32.2 Å². The fraction of sp³-hybridized carbons (Fsp3) is 0.923. The van der Waals surface area contributed by atoms with Crippen molar-refractivity contribution in [3.63, 3.8) is 0 Å². The lowest BCUT2D eigenvalue weighted by molar-refractivity contribution is -0.119. The van der Waals surface area contributed by atoms with Crippen LogP contribution in [-0.2, 0) is 4.79 Å². The number of hydrogen-bond acceptors (Lipinski definition) is 3. The SMILES string of the molecule is CC(=O)NC1CCC(N(C)CC(C)(C)N)CC1.Cl. The topological polar surface area (TPSA) is 58.4 Å². The first kappa shape index (κ1) is 17.7. The van der Waals surface area contributed by atoms with E-state index in [9.17, 15) is 4.79 Å². The summed E-state index contributed by atoms with van der Waals surface area (Å²) in [4.78, 5) is 13.3. The maximum atomic E-state index is 11.0. The quantitative estimate of drug-likeness (QED) is 0.819. The molecule has 1 saturated carbocycles. The van der Waals surface area contributed by atoms with Gasteiger partial charge in [0.2, 0.25) is 5.91 Å². The molecule has 0 radical (unpaired) electrons. The molecule has 4 nitrogen and oxygen atoms in total. The summed E-state index contributed by atoms with van der Waals surface area (Å²) in [6.45, 7) is 6.64. The first-order chi connectivity index (χ1) is 7.78. The highest BCUT2D eigenvalue weighted by Crippen LogP contribution is 2.23. The largest absolute Gasteiger partial charge is 0.354 e. The van der Waals surface area contributed by atoms with E-state index in [4.69, 9.17) is 5.73 Å². The van der Waals surface area contributed by atoms with Gasteiger partial charge in [-0.3, -0.25) is 4.79 Å². The lowest BCUT2D eigenvalue weighted by atomic mass is 9.89. The highest BCUT2D eigenvalue weighted by Gasteiger charge is 2.26. The van der Waals surface area contributed by atoms with E-state index < -0.39 is 0 Å². The number of amides is 1. The number of carbonyl (C=O) groups excluding carboxylic acids is 1. The van der Waals surface area contributed by atoms with Crippen LogP contribution in [0, 0.1) is 0 Å². The molecule has 0 atom stereocenters. The molecule has 5 heteroatoms. The molecule has 108 valence electrons. The molecule has 1 aliphatic rings. The van der Waals surface area contributed by atoms with E-state index >= 15 is 0 Å². The van der Waals surface area contributed by atoms with Gasteiger partial charge in [0.15, 0.2) is 0 Å². The average molecular weight is 278 g/mol. The molecule has 0 saturated heterocycles. The fourth-order valence-corrected chi connectivity index (χ4v) is 2.72. The van der Waals surface area contributed by atoms with Crippen LogP contribution >= 0.6 is 12.4 Å². The van der Waals surface area contributed by atoms with Gasteiger partial charge in [-0.1, -0.05) is 0 Å². The number of carbonyl (C=O) groups is 1. The monoisotopic (exact) mass is 277 g/mol. The second-order valence-corrected chi connectivity index (χ2v) is 6.11. The van der Waals surface area contributed by atoms with Crippen molar-refractivity contribution in [2.75, 3.05) is 13.6 Å². The van der Waals surface area contributed by atoms with Crippen LogP contribution in [0.3, 0.4) is 0 Å². The van der Waals surface area contributed by atoms with Crippen LogP contribution in [0.2, 0.25) is 0 Å². The number of rotatable bonds is 4. The van der Waals surface area contributed by atoms with E-state index in [1.54, 1.807) is 6.92 Å². The van der Waals surface area contributed by atoms with E-state index in [1.807, 2.05) is 0 Å². The average Bonchev–Trinajstić information content (AvgIpc) is 2.15. The van der Waals surface area contributed by atoms with Crippen LogP contribution in [-0.4, -0.2) is 42.0 Å². The third-order valence-corrected chi connectivity index (χ3v) is 3.38. The Hall–Kier alpha value is -0.320. The molecule has 0 unspecified atom stereocenters. The summed E-state index contributed by atoms with van der Waals surface area (Å²) < 4.78 is 0. The Labute approximate surface area is 117 Å². The molecule has 3 N–H and O–H groups in total. The van der Waals surface area contributed by atoms with Crippen LogP contribution < -0.4 is 11.1 Å². The Morgan fingerprint density at radius 1 is 1.33 bits per heavy atom. The molecular formula is C13H28ClN3O. The first-order valence-electron chi connectivity index (χ1n) is 6.54. The second kappa shape index (κ2) is 7.31. The minimum Gasteiger partial charge on any atom is -0.354 e. The second-order valence-electron chi connectivity index (χ2n) is 6.11. The summed E-state index contributed by atoms with van der Waals surface area (Å²) >= 11 is 0. The molecule has 0 aromatic carbocycles. The van der Waals surface area contributed by atoms with Gasteiger partial charge in [0.25, 0.3) is 0 Å². The van der Waals surface area contributed by atoms with Gasteiger partial charge in [0.1, 0.15) is 0 Å². The van der Waals surface area contributed by atoms with Crippen LogP contribution in [0.1, 0.15) is 46.5 Å². The number of likely N-dealkylation sites (N-methyl/N-ethyl adjacent to an activating group) is 1. The molecule has 0 aliphatic heterocycles. The number of nitrogens with zero attached hydrogens (tertiary/aromatic N) is 1. The number of nitrogens with one attached hydrogen (secondary N) is 1. The van der Waals surface area contributed by atoms with Crippen LogP contribution in [0.15, 0.2) is 0 Å². The molecule has 1 rings (SSSR count). The van der Waals surface area contributed by atoms with Gasteiger partial charge in [-0.15, -0.1) is 12.4 Å². The van der Waals surface area contributed by atoms with Crippen molar-refractivity contribution in [1.29, 1.82) is 0 Å². The number of hydrogen-bond donors (Lipinski definition) is 2. The molecule has 0 aromatic rings. The summed E-state index contributed by atoms with van der Waals surface area (Å²) in [6.07, 6.45) is 4.47. The van der Waals surface area contributed by atoms with Crippen molar-refractivity contribution in [2.45, 2.75) is 64.1 Å². The Morgan fingerprint density at radius 3 is 2.22 bits per heavy atom. The first-order valence-corrected chi connectivity index (χ1v) is 6.54. The maximum absolute atomic E-state index is 11.0. The zero-order valence-electron chi connectivity index (χ0n) is 12.0. The lowest BCUT2D eigenvalue weighted by Crippen LogP contribution is -2.49. The van der Waals surface area contributed by atoms with Crippen molar-refractivity contribution in [3.05, 3.63) is 0 Å². The highest BCUT2D eigenvalue weighted by molar-refractivity contribution is 5.85. The Kier molecular flexibility index (Phi) is 7.18. The lowest BCUT2D eigenvalue weighted by Gasteiger charge is -2.37. The van der Waals surface area contributed by atoms with Gasteiger partial charge in [0, 0.05) is 31.1 Å². The predicted octanol–water partition coefficient (Wildman–Crippen LogP) is 1.52. The molecule has 1 aliphatic carbocycles. The van der Waals surface area contributed by atoms with Crippen molar-refractivity contribution in [2.24, 2.45) is 5.73 Å². The van der Waals surface area contributed by atoms with E-state index in [1.165, 1.54) is 0 Å². The smallest absolute Gasteiger partial charge is 0.217 e. The summed E-state index contributed by atoms with van der Waals surface area (Å²) in [6, 6.07) is 0.992. The van der Waals surface area contributed by atoms with Gasteiger partial charge in [-0.2, -0.15) is 0 Å². The summed E-state index contributed by atoms with van der Waals surface area (Å²) in [5, 5.41) is 3.01. The van der Waals surface area contributed by atoms with Gasteiger partial charge in [-0.25, -0.2) is 0 Å². The van der Waals surface area contributed by atoms with E-state index in [-0.39, 0.29) is 23.9 Å². The normalized spacial score (nSPS) is 24.6. The van der Waals surface area contributed by atoms with Crippen molar-refractivity contribution < 1.29 is 4.79 Å². The molecule has 0 aromatic heterocycles. The minimum absolute atomic E-state index is 0. The Bertz CT molecular complexity index is 257. The summed E-state index contributed by atoms with van der Waals surface area (Å²) in [7, 11) is 2.15. The Morgan fingerprint density at radius 2 is 1.83 bits per heavy atom. The van der Waals surface area contributed by atoms with Crippen LogP contribution in [0.5, 0.6) is 0 Å². The van der Waals surface area contributed by atoms with Gasteiger partial charge in [-0.05, 0) is 46.6 Å². The molecule has 1 amide bonds.